The molecule has 0 N–H and O–H groups in total. The molecule has 0 atom stereocenters. The third kappa shape index (κ3) is 4.32. The van der Waals surface area contributed by atoms with Crippen molar-refractivity contribution in [3.63, 3.8) is 0 Å². The van der Waals surface area contributed by atoms with Crippen LogP contribution in [-0.2, 0) is 11.3 Å². The highest BCUT2D eigenvalue weighted by molar-refractivity contribution is 9.10. The quantitative estimate of drug-likeness (QED) is 0.468. The Labute approximate surface area is 174 Å². The van der Waals surface area contributed by atoms with Crippen LogP contribution in [0, 0.1) is 11.3 Å². The minimum atomic E-state index is -0.753. The lowest BCUT2D eigenvalue weighted by atomic mass is 9.97. The predicted octanol–water partition coefficient (Wildman–Crippen LogP) is 5.93. The van der Waals surface area contributed by atoms with Crippen LogP contribution in [0.3, 0.4) is 0 Å². The third-order valence-electron chi connectivity index (χ3n) is 4.47. The number of alkyl halides is 1. The predicted molar refractivity (Wildman–Crippen MR) is 117 cm³/mol. The number of nitriles is 1. The molecule has 3 rings (SSSR count). The summed E-state index contributed by atoms with van der Waals surface area (Å²) in [5.74, 6) is -0.0990. The molecule has 0 fully saturated rings. The number of amides is 1. The number of nitrogens with zero attached hydrogens (tertiary/aromatic N) is 2. The van der Waals surface area contributed by atoms with E-state index in [1.807, 2.05) is 92.7 Å². The number of rotatable bonds is 5. The number of carbonyl (C=O) groups is 1. The normalized spacial score (nSPS) is 10.9. The molecule has 0 saturated carbocycles. The third-order valence-corrected chi connectivity index (χ3v) is 4.81. The zero-order valence-corrected chi connectivity index (χ0v) is 17.5. The average molecular weight is 433 g/mol. The Balaban J connectivity index is 2.15. The van der Waals surface area contributed by atoms with Gasteiger partial charge in [-0.15, -0.1) is 0 Å². The van der Waals surface area contributed by atoms with Crippen LogP contribution in [0.15, 0.2) is 78.9 Å². The first-order valence-corrected chi connectivity index (χ1v) is 9.84. The number of halogens is 1. The first-order chi connectivity index (χ1) is 13.4. The van der Waals surface area contributed by atoms with E-state index in [2.05, 4.69) is 22.0 Å². The number of anilines is 1. The molecule has 3 nitrogen and oxygen atoms in total. The molecule has 0 aliphatic heterocycles. The van der Waals surface area contributed by atoms with Crippen LogP contribution in [0.1, 0.15) is 25.0 Å². The molecule has 0 unspecified atom stereocenters. The van der Waals surface area contributed by atoms with E-state index in [-0.39, 0.29) is 5.91 Å². The topological polar surface area (TPSA) is 44.1 Å². The van der Waals surface area contributed by atoms with Crippen LogP contribution in [0.5, 0.6) is 0 Å². The lowest BCUT2D eigenvalue weighted by Crippen LogP contribution is -2.41. The largest absolute Gasteiger partial charge is 0.305 e. The van der Waals surface area contributed by atoms with E-state index < -0.39 is 4.32 Å². The average Bonchev–Trinajstić information content (AvgIpc) is 2.71. The van der Waals surface area contributed by atoms with Crippen LogP contribution in [0.25, 0.3) is 11.1 Å². The maximum atomic E-state index is 13.3. The Bertz CT molecular complexity index is 1000. The minimum absolute atomic E-state index is 0.0990. The van der Waals surface area contributed by atoms with Gasteiger partial charge >= 0.3 is 0 Å². The van der Waals surface area contributed by atoms with Gasteiger partial charge in [0.2, 0.25) is 5.91 Å². The summed E-state index contributed by atoms with van der Waals surface area (Å²) in [5, 5.41) is 9.96. The van der Waals surface area contributed by atoms with Crippen LogP contribution >= 0.6 is 15.9 Å². The molecule has 140 valence electrons. The van der Waals surface area contributed by atoms with Crippen LogP contribution < -0.4 is 4.90 Å². The van der Waals surface area contributed by atoms with Gasteiger partial charge in [-0.2, -0.15) is 5.26 Å². The van der Waals surface area contributed by atoms with Crippen molar-refractivity contribution in [2.24, 2.45) is 0 Å². The van der Waals surface area contributed by atoms with Gasteiger partial charge in [-0.3, -0.25) is 4.79 Å². The number of carbonyl (C=O) groups excluding carboxylic acids is 1. The van der Waals surface area contributed by atoms with Gasteiger partial charge in [0.15, 0.2) is 0 Å². The van der Waals surface area contributed by atoms with E-state index in [0.29, 0.717) is 17.8 Å². The molecule has 1 amide bonds. The Morgan fingerprint density at radius 3 is 2.14 bits per heavy atom. The second-order valence-electron chi connectivity index (χ2n) is 7.03. The van der Waals surface area contributed by atoms with Gasteiger partial charge in [0.25, 0.3) is 0 Å². The maximum absolute atomic E-state index is 13.3. The molecule has 4 heteroatoms. The Kier molecular flexibility index (Phi) is 5.96. The van der Waals surface area contributed by atoms with E-state index in [0.717, 1.165) is 16.7 Å². The summed E-state index contributed by atoms with van der Waals surface area (Å²) in [7, 11) is 0. The Morgan fingerprint density at radius 1 is 0.964 bits per heavy atom. The smallest absolute Gasteiger partial charge is 0.243 e. The fraction of sp³-hybridized carbons (Fsp3) is 0.167. The lowest BCUT2D eigenvalue weighted by molar-refractivity contribution is -0.120. The van der Waals surface area contributed by atoms with Crippen LogP contribution in [0.2, 0.25) is 0 Å². The minimum Gasteiger partial charge on any atom is -0.305 e. The van der Waals surface area contributed by atoms with E-state index in [9.17, 15) is 10.1 Å². The summed E-state index contributed by atoms with van der Waals surface area (Å²) in [6, 6.07) is 27.5. The summed E-state index contributed by atoms with van der Waals surface area (Å²) in [5.41, 5.74) is 3.88. The summed E-state index contributed by atoms with van der Waals surface area (Å²) in [6.07, 6.45) is 0. The molecule has 0 bridgehead atoms. The van der Waals surface area contributed by atoms with Gasteiger partial charge in [-0.05, 0) is 31.0 Å². The SMILES string of the molecule is CC(C)(Br)C(=O)N(Cc1ccccc1)c1cccc(-c2ccccc2)c1C#N. The van der Waals surface area contributed by atoms with Gasteiger partial charge in [0.1, 0.15) is 6.07 Å². The van der Waals surface area contributed by atoms with E-state index in [1.54, 1.807) is 4.90 Å². The fourth-order valence-electron chi connectivity index (χ4n) is 3.09. The highest BCUT2D eigenvalue weighted by Gasteiger charge is 2.32. The number of hydrogen-bond donors (Lipinski definition) is 0. The molecule has 0 aromatic heterocycles. The molecule has 0 spiro atoms. The molecule has 3 aromatic carbocycles. The van der Waals surface area contributed by atoms with Gasteiger partial charge in [-0.1, -0.05) is 88.7 Å². The van der Waals surface area contributed by atoms with Crippen molar-refractivity contribution in [1.29, 1.82) is 5.26 Å². The van der Waals surface area contributed by atoms with Crippen molar-refractivity contribution in [3.8, 4) is 17.2 Å². The Hall–Kier alpha value is -2.90. The molecular weight excluding hydrogens is 412 g/mol. The summed E-state index contributed by atoms with van der Waals surface area (Å²) >= 11 is 3.49. The number of hydrogen-bond acceptors (Lipinski definition) is 2. The van der Waals surface area contributed by atoms with E-state index >= 15 is 0 Å². The molecule has 28 heavy (non-hydrogen) atoms. The van der Waals surface area contributed by atoms with Crippen molar-refractivity contribution in [2.45, 2.75) is 24.7 Å². The standard InChI is InChI=1S/C24H21BrN2O/c1-24(2,25)23(28)27(17-18-10-5-3-6-11-18)22-15-9-14-20(21(22)16-26)19-12-7-4-8-13-19/h3-15H,17H2,1-2H3. The van der Waals surface area contributed by atoms with Gasteiger partial charge < -0.3 is 4.90 Å². The molecule has 0 saturated heterocycles. The number of benzene rings is 3. The van der Waals surface area contributed by atoms with E-state index in [4.69, 9.17) is 0 Å². The van der Waals surface area contributed by atoms with E-state index in [1.165, 1.54) is 0 Å². The van der Waals surface area contributed by atoms with Gasteiger partial charge in [0.05, 0.1) is 22.1 Å². The summed E-state index contributed by atoms with van der Waals surface area (Å²) < 4.78 is -0.753. The first-order valence-electron chi connectivity index (χ1n) is 9.05. The zero-order valence-electron chi connectivity index (χ0n) is 15.9. The second kappa shape index (κ2) is 8.41. The molecule has 0 aliphatic rings. The first kappa shape index (κ1) is 19.9. The second-order valence-corrected chi connectivity index (χ2v) is 9.01. The molecule has 0 heterocycles. The zero-order chi connectivity index (χ0) is 20.1. The van der Waals surface area contributed by atoms with Gasteiger partial charge in [0, 0.05) is 5.56 Å². The van der Waals surface area contributed by atoms with Crippen molar-refractivity contribution in [3.05, 3.63) is 90.0 Å². The van der Waals surface area contributed by atoms with Crippen molar-refractivity contribution >= 4 is 27.5 Å². The Morgan fingerprint density at radius 2 is 1.57 bits per heavy atom. The van der Waals surface area contributed by atoms with Gasteiger partial charge in [-0.25, -0.2) is 0 Å². The molecular formula is C24H21BrN2O. The monoisotopic (exact) mass is 432 g/mol. The molecule has 0 radical (unpaired) electrons. The maximum Gasteiger partial charge on any atom is 0.243 e. The highest BCUT2D eigenvalue weighted by atomic mass is 79.9. The van der Waals surface area contributed by atoms with Crippen molar-refractivity contribution < 1.29 is 4.79 Å². The van der Waals surface area contributed by atoms with Crippen molar-refractivity contribution in [1.82, 2.24) is 0 Å². The highest BCUT2D eigenvalue weighted by Crippen LogP contribution is 2.34. The van der Waals surface area contributed by atoms with Crippen LogP contribution in [0.4, 0.5) is 5.69 Å². The molecule has 3 aromatic rings. The summed E-state index contributed by atoms with van der Waals surface area (Å²) in [4.78, 5) is 14.9. The van der Waals surface area contributed by atoms with Crippen LogP contribution in [-0.4, -0.2) is 10.2 Å². The summed E-state index contributed by atoms with van der Waals surface area (Å²) in [6.45, 7) is 4.03. The molecule has 0 aliphatic carbocycles. The lowest BCUT2D eigenvalue weighted by Gasteiger charge is -2.30. The fourth-order valence-corrected chi connectivity index (χ4v) is 3.31. The van der Waals surface area contributed by atoms with Crippen molar-refractivity contribution in [2.75, 3.05) is 4.90 Å².